The molecule has 29 heavy (non-hydrogen) atoms. The van der Waals surface area contributed by atoms with E-state index in [0.29, 0.717) is 12.8 Å². The molecule has 1 N–H and O–H groups in total. The number of hydrogen-bond donors (Lipinski definition) is 1. The summed E-state index contributed by atoms with van der Waals surface area (Å²) in [6.45, 7) is 4.01. The van der Waals surface area contributed by atoms with Crippen molar-refractivity contribution in [1.82, 2.24) is 0 Å². The van der Waals surface area contributed by atoms with Crippen molar-refractivity contribution in [3.05, 3.63) is 0 Å². The summed E-state index contributed by atoms with van der Waals surface area (Å²) < 4.78 is 10.4. The third-order valence-corrected chi connectivity index (χ3v) is 5.15. The second-order valence-electron chi connectivity index (χ2n) is 8.07. The van der Waals surface area contributed by atoms with Crippen molar-refractivity contribution < 1.29 is 24.2 Å². The highest BCUT2D eigenvalue weighted by atomic mass is 16.6. The SMILES string of the molecule is CCCCCCCCCCCC(=O)OCC(CO)OC(=O)CCCCCCCC. The van der Waals surface area contributed by atoms with E-state index in [-0.39, 0.29) is 25.2 Å². The molecule has 0 rings (SSSR count). The molecular formula is C24H46O5. The predicted molar refractivity (Wildman–Crippen MR) is 118 cm³/mol. The molecule has 0 aromatic rings. The number of hydrogen-bond acceptors (Lipinski definition) is 5. The molecule has 1 atom stereocenters. The van der Waals surface area contributed by atoms with E-state index in [0.717, 1.165) is 38.5 Å². The highest BCUT2D eigenvalue weighted by Gasteiger charge is 2.16. The van der Waals surface area contributed by atoms with E-state index in [1.807, 2.05) is 0 Å². The first-order chi connectivity index (χ1) is 14.1. The number of aliphatic hydroxyl groups is 1. The van der Waals surface area contributed by atoms with Crippen molar-refractivity contribution >= 4 is 11.9 Å². The van der Waals surface area contributed by atoms with Crippen LogP contribution in [0.1, 0.15) is 123 Å². The lowest BCUT2D eigenvalue weighted by Crippen LogP contribution is -2.28. The van der Waals surface area contributed by atoms with Crippen LogP contribution in [0.4, 0.5) is 0 Å². The van der Waals surface area contributed by atoms with E-state index in [2.05, 4.69) is 13.8 Å². The molecule has 172 valence electrons. The van der Waals surface area contributed by atoms with Gasteiger partial charge in [-0.2, -0.15) is 0 Å². The van der Waals surface area contributed by atoms with Crippen LogP contribution in [0.15, 0.2) is 0 Å². The van der Waals surface area contributed by atoms with Crippen LogP contribution in [-0.4, -0.2) is 36.4 Å². The Morgan fingerprint density at radius 3 is 1.52 bits per heavy atom. The molecule has 0 aromatic carbocycles. The molecule has 0 aliphatic carbocycles. The van der Waals surface area contributed by atoms with Gasteiger partial charge in [-0.25, -0.2) is 0 Å². The minimum atomic E-state index is -0.755. The van der Waals surface area contributed by atoms with Crippen LogP contribution in [0.25, 0.3) is 0 Å². The number of carbonyl (C=O) groups excluding carboxylic acids is 2. The van der Waals surface area contributed by atoms with Gasteiger partial charge in [0.2, 0.25) is 0 Å². The largest absolute Gasteiger partial charge is 0.462 e. The van der Waals surface area contributed by atoms with Gasteiger partial charge in [0, 0.05) is 12.8 Å². The molecule has 1 unspecified atom stereocenters. The maximum absolute atomic E-state index is 11.8. The molecule has 0 radical (unpaired) electrons. The highest BCUT2D eigenvalue weighted by Crippen LogP contribution is 2.11. The molecule has 0 amide bonds. The first-order valence-electron chi connectivity index (χ1n) is 12.1. The van der Waals surface area contributed by atoms with Crippen molar-refractivity contribution in [1.29, 1.82) is 0 Å². The Hall–Kier alpha value is -1.10. The quantitative estimate of drug-likeness (QED) is 0.181. The smallest absolute Gasteiger partial charge is 0.306 e. The number of carbonyl (C=O) groups is 2. The Balaban J connectivity index is 3.63. The Morgan fingerprint density at radius 1 is 0.655 bits per heavy atom. The molecule has 0 heterocycles. The second-order valence-corrected chi connectivity index (χ2v) is 8.07. The van der Waals surface area contributed by atoms with Crippen LogP contribution in [-0.2, 0) is 19.1 Å². The number of ether oxygens (including phenoxy) is 2. The molecule has 0 fully saturated rings. The molecule has 0 spiro atoms. The van der Waals surface area contributed by atoms with Crippen molar-refractivity contribution in [3.63, 3.8) is 0 Å². The summed E-state index contributed by atoms with van der Waals surface area (Å²) in [5.41, 5.74) is 0. The van der Waals surface area contributed by atoms with E-state index in [4.69, 9.17) is 9.47 Å². The minimum Gasteiger partial charge on any atom is -0.462 e. The van der Waals surface area contributed by atoms with Gasteiger partial charge in [-0.1, -0.05) is 97.3 Å². The zero-order valence-corrected chi connectivity index (χ0v) is 19.1. The van der Waals surface area contributed by atoms with Gasteiger partial charge in [0.05, 0.1) is 6.61 Å². The van der Waals surface area contributed by atoms with E-state index in [1.54, 1.807) is 0 Å². The first-order valence-corrected chi connectivity index (χ1v) is 12.1. The lowest BCUT2D eigenvalue weighted by atomic mass is 10.1. The Kier molecular flexibility index (Phi) is 20.8. The lowest BCUT2D eigenvalue weighted by Gasteiger charge is -2.15. The van der Waals surface area contributed by atoms with Crippen LogP contribution in [0.3, 0.4) is 0 Å². The monoisotopic (exact) mass is 414 g/mol. The Morgan fingerprint density at radius 2 is 1.07 bits per heavy atom. The van der Waals surface area contributed by atoms with Gasteiger partial charge in [-0.15, -0.1) is 0 Å². The van der Waals surface area contributed by atoms with Crippen LogP contribution in [0.5, 0.6) is 0 Å². The fraction of sp³-hybridized carbons (Fsp3) is 0.917. The summed E-state index contributed by atoms with van der Waals surface area (Å²) in [6, 6.07) is 0. The maximum atomic E-state index is 11.8. The van der Waals surface area contributed by atoms with E-state index in [1.165, 1.54) is 57.8 Å². The van der Waals surface area contributed by atoms with Crippen LogP contribution >= 0.6 is 0 Å². The first kappa shape index (κ1) is 27.9. The molecule has 0 saturated heterocycles. The summed E-state index contributed by atoms with van der Waals surface area (Å²) in [5.74, 6) is -0.604. The summed E-state index contributed by atoms with van der Waals surface area (Å²) in [4.78, 5) is 23.6. The van der Waals surface area contributed by atoms with Crippen LogP contribution in [0.2, 0.25) is 0 Å². The molecule has 0 aliphatic heterocycles. The summed E-state index contributed by atoms with van der Waals surface area (Å²) in [5, 5.41) is 9.34. The third kappa shape index (κ3) is 20.0. The fourth-order valence-electron chi connectivity index (χ4n) is 3.26. The van der Waals surface area contributed by atoms with Crippen molar-refractivity contribution in [3.8, 4) is 0 Å². The predicted octanol–water partition coefficient (Wildman–Crippen LogP) is 6.11. The lowest BCUT2D eigenvalue weighted by molar-refractivity contribution is -0.161. The summed E-state index contributed by atoms with van der Waals surface area (Å²) in [7, 11) is 0. The fourth-order valence-corrected chi connectivity index (χ4v) is 3.26. The molecule has 0 saturated carbocycles. The van der Waals surface area contributed by atoms with Crippen molar-refractivity contribution in [2.24, 2.45) is 0 Å². The highest BCUT2D eigenvalue weighted by molar-refractivity contribution is 5.70. The van der Waals surface area contributed by atoms with E-state index in [9.17, 15) is 14.7 Å². The van der Waals surface area contributed by atoms with Gasteiger partial charge >= 0.3 is 11.9 Å². The van der Waals surface area contributed by atoms with Gasteiger partial charge in [-0.3, -0.25) is 9.59 Å². The minimum absolute atomic E-state index is 0.0605. The normalized spacial score (nSPS) is 12.0. The number of esters is 2. The Bertz CT molecular complexity index is 383. The van der Waals surface area contributed by atoms with Gasteiger partial charge in [0.25, 0.3) is 0 Å². The van der Waals surface area contributed by atoms with Gasteiger partial charge in [-0.05, 0) is 12.8 Å². The number of unbranched alkanes of at least 4 members (excludes halogenated alkanes) is 13. The average Bonchev–Trinajstić information content (AvgIpc) is 2.72. The second kappa shape index (κ2) is 21.6. The summed E-state index contributed by atoms with van der Waals surface area (Å²) >= 11 is 0. The molecule has 5 nitrogen and oxygen atoms in total. The standard InChI is InChI=1S/C24H46O5/c1-3-5-7-9-11-12-13-15-16-18-23(26)28-21-22(20-25)29-24(27)19-17-14-10-8-6-4-2/h22,25H,3-21H2,1-2H3. The molecule has 0 bridgehead atoms. The Labute approximate surface area is 178 Å². The molecule has 0 aliphatic rings. The molecule has 5 heteroatoms. The molecule has 0 aromatic heterocycles. The average molecular weight is 415 g/mol. The van der Waals surface area contributed by atoms with E-state index < -0.39 is 6.10 Å². The number of aliphatic hydroxyl groups excluding tert-OH is 1. The summed E-state index contributed by atoms with van der Waals surface area (Å²) in [6.07, 6.45) is 17.4. The zero-order chi connectivity index (χ0) is 21.6. The maximum Gasteiger partial charge on any atom is 0.306 e. The van der Waals surface area contributed by atoms with Crippen LogP contribution < -0.4 is 0 Å². The topological polar surface area (TPSA) is 72.8 Å². The van der Waals surface area contributed by atoms with Gasteiger partial charge < -0.3 is 14.6 Å². The van der Waals surface area contributed by atoms with Crippen molar-refractivity contribution in [2.45, 2.75) is 129 Å². The molecular weight excluding hydrogens is 368 g/mol. The van der Waals surface area contributed by atoms with Crippen molar-refractivity contribution in [2.75, 3.05) is 13.2 Å². The van der Waals surface area contributed by atoms with E-state index >= 15 is 0 Å². The zero-order valence-electron chi connectivity index (χ0n) is 19.1. The van der Waals surface area contributed by atoms with Crippen LogP contribution in [0, 0.1) is 0 Å². The third-order valence-electron chi connectivity index (χ3n) is 5.15. The van der Waals surface area contributed by atoms with Gasteiger partial charge in [0.1, 0.15) is 6.61 Å². The van der Waals surface area contributed by atoms with Gasteiger partial charge in [0.15, 0.2) is 6.10 Å². The number of rotatable bonds is 21.